The van der Waals surface area contributed by atoms with Gasteiger partial charge in [0.25, 0.3) is 0 Å². The van der Waals surface area contributed by atoms with E-state index in [0.29, 0.717) is 22.5 Å². The maximum absolute atomic E-state index is 9.81. The summed E-state index contributed by atoms with van der Waals surface area (Å²) in [4.78, 5) is 1.66. The van der Waals surface area contributed by atoms with Gasteiger partial charge in [0.2, 0.25) is 0 Å². The van der Waals surface area contributed by atoms with E-state index in [9.17, 15) is 4.11 Å². The molecule has 0 atom stereocenters. The minimum atomic E-state index is -1.15. The fourth-order valence-corrected chi connectivity index (χ4v) is 6.60. The number of fused-ring (bicyclic) bond motifs is 6. The monoisotopic (exact) mass is 615 g/mol. The third-order valence-electron chi connectivity index (χ3n) is 8.97. The normalized spacial score (nSPS) is 16.6. The van der Waals surface area contributed by atoms with Gasteiger partial charge in [-0.1, -0.05) is 135 Å². The van der Waals surface area contributed by atoms with Gasteiger partial charge in [-0.3, -0.25) is 0 Å². The Bertz CT molecular complexity index is 3070. The summed E-state index contributed by atoms with van der Waals surface area (Å²) in [5, 5.41) is 1.96. The Morgan fingerprint density at radius 2 is 1.17 bits per heavy atom. The van der Waals surface area contributed by atoms with Crippen LogP contribution in [0.2, 0.25) is 0 Å². The number of benzene rings is 7. The minimum Gasteiger partial charge on any atom is -0.455 e. The van der Waals surface area contributed by atoms with Crippen molar-refractivity contribution in [2.75, 3.05) is 4.90 Å². The number of para-hydroxylation sites is 2. The molecular formula is C45H33NO. The summed E-state index contributed by atoms with van der Waals surface area (Å²) < 4.78 is 111. The van der Waals surface area contributed by atoms with Crippen molar-refractivity contribution < 1.29 is 20.9 Å². The minimum absolute atomic E-state index is 0.0194. The van der Waals surface area contributed by atoms with E-state index in [2.05, 4.69) is 0 Å². The van der Waals surface area contributed by atoms with Crippen LogP contribution in [0.15, 0.2) is 168 Å². The number of hydrogen-bond acceptors (Lipinski definition) is 2. The van der Waals surface area contributed by atoms with E-state index in [1.54, 1.807) is 43.0 Å². The van der Waals surface area contributed by atoms with E-state index in [0.717, 1.165) is 33.1 Å². The van der Waals surface area contributed by atoms with Crippen LogP contribution >= 0.6 is 0 Å². The molecule has 1 aliphatic carbocycles. The Morgan fingerprint density at radius 1 is 0.511 bits per heavy atom. The van der Waals surface area contributed by atoms with Gasteiger partial charge in [0.1, 0.15) is 11.2 Å². The topological polar surface area (TPSA) is 16.4 Å². The summed E-state index contributed by atoms with van der Waals surface area (Å²) in [5.74, 6) is 0. The molecule has 1 heterocycles. The molecular weight excluding hydrogens is 571 g/mol. The smallest absolute Gasteiger partial charge is 0.143 e. The first-order valence-electron chi connectivity index (χ1n) is 21.3. The quantitative estimate of drug-likeness (QED) is 0.191. The average Bonchev–Trinajstić information content (AvgIpc) is 3.74. The first-order valence-corrected chi connectivity index (χ1v) is 15.3. The zero-order valence-electron chi connectivity index (χ0n) is 37.5. The number of rotatable bonds is 5. The second kappa shape index (κ2) is 10.6. The highest BCUT2D eigenvalue weighted by atomic mass is 16.3. The first-order chi connectivity index (χ1) is 28.1. The van der Waals surface area contributed by atoms with Crippen LogP contribution in [0.5, 0.6) is 0 Å². The van der Waals surface area contributed by atoms with Crippen molar-refractivity contribution in [3.63, 3.8) is 0 Å². The molecule has 224 valence electrons. The van der Waals surface area contributed by atoms with Crippen LogP contribution in [0.1, 0.15) is 41.4 Å². The van der Waals surface area contributed by atoms with Crippen LogP contribution in [-0.2, 0) is 5.41 Å². The molecule has 0 fully saturated rings. The highest BCUT2D eigenvalue weighted by Gasteiger charge is 2.35. The lowest BCUT2D eigenvalue weighted by Crippen LogP contribution is -2.16. The molecule has 2 nitrogen and oxygen atoms in total. The predicted octanol–water partition coefficient (Wildman–Crippen LogP) is 12.7. The summed E-state index contributed by atoms with van der Waals surface area (Å²) in [6.07, 6.45) is 0. The maximum Gasteiger partial charge on any atom is 0.143 e. The van der Waals surface area contributed by atoms with Crippen molar-refractivity contribution in [1.29, 1.82) is 0 Å². The second-order valence-corrected chi connectivity index (χ2v) is 12.1. The fourth-order valence-electron chi connectivity index (χ4n) is 6.60. The molecule has 2 heteroatoms. The lowest BCUT2D eigenvalue weighted by atomic mass is 9.82. The van der Waals surface area contributed by atoms with E-state index in [1.165, 1.54) is 0 Å². The number of anilines is 3. The van der Waals surface area contributed by atoms with Gasteiger partial charge in [-0.15, -0.1) is 0 Å². The molecule has 0 saturated carbocycles. The molecule has 8 aromatic rings. The molecule has 0 saturated heterocycles. The van der Waals surface area contributed by atoms with Gasteiger partial charge in [0, 0.05) is 38.8 Å². The van der Waals surface area contributed by atoms with E-state index >= 15 is 0 Å². The van der Waals surface area contributed by atoms with Crippen molar-refractivity contribution in [3.05, 3.63) is 175 Å². The van der Waals surface area contributed by atoms with Crippen molar-refractivity contribution in [2.45, 2.75) is 19.3 Å². The highest BCUT2D eigenvalue weighted by Crippen LogP contribution is 2.50. The zero-order chi connectivity index (χ0) is 42.0. The summed E-state index contributed by atoms with van der Waals surface area (Å²) >= 11 is 0. The number of nitrogens with zero attached hydrogens (tertiary/aromatic N) is 1. The van der Waals surface area contributed by atoms with E-state index in [4.69, 9.17) is 16.8 Å². The molecule has 0 amide bonds. The highest BCUT2D eigenvalue weighted by molar-refractivity contribution is 6.09. The van der Waals surface area contributed by atoms with Crippen LogP contribution in [0.4, 0.5) is 17.1 Å². The van der Waals surface area contributed by atoms with Crippen LogP contribution in [0.25, 0.3) is 55.3 Å². The Balaban J connectivity index is 1.26. The van der Waals surface area contributed by atoms with Crippen LogP contribution in [0.3, 0.4) is 0 Å². The lowest BCUT2D eigenvalue weighted by molar-refractivity contribution is 0.660. The summed E-state index contributed by atoms with van der Waals surface area (Å²) in [6.45, 7) is 3.52. The van der Waals surface area contributed by atoms with Gasteiger partial charge >= 0.3 is 0 Å². The molecule has 0 unspecified atom stereocenters. The van der Waals surface area contributed by atoms with Crippen molar-refractivity contribution in [1.82, 2.24) is 0 Å². The zero-order valence-corrected chi connectivity index (χ0v) is 25.5. The van der Waals surface area contributed by atoms with Gasteiger partial charge in [0.15, 0.2) is 0 Å². The maximum atomic E-state index is 9.81. The molecule has 0 aliphatic heterocycles. The second-order valence-electron chi connectivity index (χ2n) is 12.1. The SMILES string of the molecule is [2H]c1c([2H])c([2H])c(-c2ccc(N(c3ccc(-c4cccc5c4oc4ccccc45)cc3)c3c([2H])c([2H])c4c(c3[2H])C(C)(C)c3c([2H])c([2H])c([2H])c([2H])c3-4)cc2)c([2H])c1[2H]. The molecule has 1 aliphatic rings. The van der Waals surface area contributed by atoms with Gasteiger partial charge in [-0.05, 0) is 81.4 Å². The molecule has 9 rings (SSSR count). The Labute approximate surface area is 292 Å². The summed E-state index contributed by atoms with van der Waals surface area (Å²) in [5.41, 5.74) is 4.18. The van der Waals surface area contributed by atoms with Gasteiger partial charge in [0.05, 0.1) is 16.4 Å². The Kier molecular flexibility index (Phi) is 4.00. The molecule has 0 N–H and O–H groups in total. The molecule has 7 aromatic carbocycles. The van der Waals surface area contributed by atoms with Crippen LogP contribution in [-0.4, -0.2) is 0 Å². The third-order valence-corrected chi connectivity index (χ3v) is 8.97. The van der Waals surface area contributed by atoms with Gasteiger partial charge < -0.3 is 9.32 Å². The first kappa shape index (κ1) is 17.7. The van der Waals surface area contributed by atoms with E-state index < -0.39 is 35.6 Å². The third kappa shape index (κ3) is 4.40. The molecule has 0 spiro atoms. The summed E-state index contributed by atoms with van der Waals surface area (Å²) in [6, 6.07) is 23.4. The van der Waals surface area contributed by atoms with E-state index in [-0.39, 0.29) is 70.2 Å². The van der Waals surface area contributed by atoms with Gasteiger partial charge in [-0.25, -0.2) is 0 Å². The Morgan fingerprint density at radius 3 is 1.96 bits per heavy atom. The largest absolute Gasteiger partial charge is 0.455 e. The standard InChI is InChI=1S/C45H33NO/c1-45(2)41-17-8-6-13-37(41)38-28-27-35(29-42(38)45)46(33-23-19-31(20-24-33)30-11-4-3-5-12-30)34-25-21-32(22-26-34)36-15-10-16-40-39-14-7-9-18-43(39)47-44(36)40/h3-29H,1-2H3/i3D,4D,5D,6D,8D,11D,12D,13D,17D,27D,28D,29D. The van der Waals surface area contributed by atoms with Crippen LogP contribution < -0.4 is 4.90 Å². The summed E-state index contributed by atoms with van der Waals surface area (Å²) in [7, 11) is 0. The molecule has 1 aromatic heterocycles. The van der Waals surface area contributed by atoms with Crippen molar-refractivity contribution in [2.24, 2.45) is 0 Å². The van der Waals surface area contributed by atoms with Gasteiger partial charge in [-0.2, -0.15) is 0 Å². The van der Waals surface area contributed by atoms with Crippen molar-refractivity contribution in [3.8, 4) is 33.4 Å². The number of furan rings is 1. The molecule has 0 bridgehead atoms. The lowest BCUT2D eigenvalue weighted by Gasteiger charge is -2.28. The predicted molar refractivity (Wildman–Crippen MR) is 197 cm³/mol. The fraction of sp³-hybridized carbons (Fsp3) is 0.0667. The van der Waals surface area contributed by atoms with Crippen LogP contribution in [0, 0.1) is 0 Å². The molecule has 47 heavy (non-hydrogen) atoms. The molecule has 0 radical (unpaired) electrons. The van der Waals surface area contributed by atoms with Crippen molar-refractivity contribution >= 4 is 39.0 Å². The Hall–Kier alpha value is -5.86. The number of hydrogen-bond donors (Lipinski definition) is 0. The van der Waals surface area contributed by atoms with E-state index in [1.807, 2.05) is 66.7 Å². The average molecular weight is 616 g/mol.